The number of ether oxygens (including phenoxy) is 1. The highest BCUT2D eigenvalue weighted by Gasteiger charge is 2.28. The molecule has 3 nitrogen and oxygen atoms in total. The molecule has 1 saturated heterocycles. The number of esters is 1. The van der Waals surface area contributed by atoms with E-state index in [2.05, 4.69) is 24.0 Å². The maximum Gasteiger partial charge on any atom is 0.309 e. The lowest BCUT2D eigenvalue weighted by atomic mass is 9.94. The molecule has 2 rings (SSSR count). The van der Waals surface area contributed by atoms with Crippen molar-refractivity contribution in [1.29, 1.82) is 0 Å². The average Bonchev–Trinajstić information content (AvgIpc) is 2.78. The van der Waals surface area contributed by atoms with Gasteiger partial charge >= 0.3 is 5.97 Å². The number of carbonyl (C=O) groups excluding carboxylic acids is 1. The van der Waals surface area contributed by atoms with Crippen LogP contribution in [0.4, 0.5) is 0 Å². The molecule has 1 saturated carbocycles. The SMILES string of the molecule is CCS[C@@H]1CCCC[C@@H]1NCC[C@H]1CCOC1=O. The summed E-state index contributed by atoms with van der Waals surface area (Å²) in [6.45, 7) is 3.83. The minimum atomic E-state index is 0.0138. The van der Waals surface area contributed by atoms with Crippen LogP contribution in [0, 0.1) is 5.92 Å². The Bertz CT molecular complexity index is 271. The summed E-state index contributed by atoms with van der Waals surface area (Å²) in [6, 6.07) is 0.654. The van der Waals surface area contributed by atoms with Crippen molar-refractivity contribution in [2.45, 2.75) is 56.7 Å². The van der Waals surface area contributed by atoms with Crippen molar-refractivity contribution in [2.75, 3.05) is 18.9 Å². The molecule has 0 bridgehead atoms. The summed E-state index contributed by atoms with van der Waals surface area (Å²) in [7, 11) is 0. The molecule has 104 valence electrons. The third-order valence-corrected chi connectivity index (χ3v) is 5.35. The van der Waals surface area contributed by atoms with Crippen LogP contribution in [-0.4, -0.2) is 36.2 Å². The molecule has 3 atom stereocenters. The number of thioether (sulfide) groups is 1. The molecule has 4 heteroatoms. The number of carbonyl (C=O) groups is 1. The lowest BCUT2D eigenvalue weighted by Crippen LogP contribution is -2.41. The van der Waals surface area contributed by atoms with Crippen LogP contribution in [0.5, 0.6) is 0 Å². The normalized spacial score (nSPS) is 32.5. The largest absolute Gasteiger partial charge is 0.465 e. The fraction of sp³-hybridized carbons (Fsp3) is 0.929. The standard InChI is InChI=1S/C14H25NO2S/c1-2-18-13-6-4-3-5-12(13)15-9-7-11-8-10-17-14(11)16/h11-13,15H,2-10H2,1H3/t11-,12-,13+/m0/s1. The van der Waals surface area contributed by atoms with E-state index < -0.39 is 0 Å². The molecular weight excluding hydrogens is 246 g/mol. The van der Waals surface area contributed by atoms with Crippen LogP contribution in [0.15, 0.2) is 0 Å². The van der Waals surface area contributed by atoms with E-state index in [1.165, 1.54) is 31.4 Å². The van der Waals surface area contributed by atoms with Gasteiger partial charge in [-0.2, -0.15) is 11.8 Å². The van der Waals surface area contributed by atoms with Gasteiger partial charge < -0.3 is 10.1 Å². The zero-order valence-corrected chi connectivity index (χ0v) is 12.1. The molecule has 0 unspecified atom stereocenters. The zero-order valence-electron chi connectivity index (χ0n) is 11.3. The van der Waals surface area contributed by atoms with Crippen LogP contribution in [0.3, 0.4) is 0 Å². The van der Waals surface area contributed by atoms with Gasteiger partial charge in [0.1, 0.15) is 0 Å². The summed E-state index contributed by atoms with van der Waals surface area (Å²) < 4.78 is 5.00. The van der Waals surface area contributed by atoms with Crippen LogP contribution in [0.2, 0.25) is 0 Å². The predicted molar refractivity (Wildman–Crippen MR) is 75.9 cm³/mol. The van der Waals surface area contributed by atoms with Gasteiger partial charge in [0.05, 0.1) is 12.5 Å². The maximum atomic E-state index is 11.4. The van der Waals surface area contributed by atoms with Gasteiger partial charge in [-0.25, -0.2) is 0 Å². The monoisotopic (exact) mass is 271 g/mol. The Labute approximate surface area is 114 Å². The van der Waals surface area contributed by atoms with E-state index in [9.17, 15) is 4.79 Å². The molecule has 1 N–H and O–H groups in total. The minimum absolute atomic E-state index is 0.0138. The summed E-state index contributed by atoms with van der Waals surface area (Å²) in [5, 5.41) is 4.45. The van der Waals surface area contributed by atoms with Gasteiger partial charge in [-0.3, -0.25) is 4.79 Å². The first kappa shape index (κ1) is 14.2. The highest BCUT2D eigenvalue weighted by atomic mass is 32.2. The van der Waals surface area contributed by atoms with E-state index in [4.69, 9.17) is 4.74 Å². The van der Waals surface area contributed by atoms with Gasteiger partial charge in [-0.05, 0) is 38.0 Å². The summed E-state index contributed by atoms with van der Waals surface area (Å²) in [5.74, 6) is 1.37. The number of nitrogens with one attached hydrogen (secondary N) is 1. The van der Waals surface area contributed by atoms with Gasteiger partial charge in [-0.15, -0.1) is 0 Å². The third-order valence-electron chi connectivity index (χ3n) is 4.03. The van der Waals surface area contributed by atoms with Crippen LogP contribution in [0.25, 0.3) is 0 Å². The molecule has 0 amide bonds. The quantitative estimate of drug-likeness (QED) is 0.754. The van der Waals surface area contributed by atoms with Crippen LogP contribution in [-0.2, 0) is 9.53 Å². The zero-order chi connectivity index (χ0) is 12.8. The number of hydrogen-bond donors (Lipinski definition) is 1. The second kappa shape index (κ2) is 7.39. The van der Waals surface area contributed by atoms with Crippen molar-refractivity contribution in [1.82, 2.24) is 5.32 Å². The van der Waals surface area contributed by atoms with Gasteiger partial charge in [0, 0.05) is 11.3 Å². The van der Waals surface area contributed by atoms with Gasteiger partial charge in [-0.1, -0.05) is 19.8 Å². The summed E-state index contributed by atoms with van der Waals surface area (Å²) in [5.41, 5.74) is 0. The maximum absolute atomic E-state index is 11.4. The van der Waals surface area contributed by atoms with E-state index >= 15 is 0 Å². The van der Waals surface area contributed by atoms with E-state index in [0.717, 1.165) is 24.6 Å². The molecule has 0 spiro atoms. The molecule has 1 aliphatic carbocycles. The van der Waals surface area contributed by atoms with Crippen molar-refractivity contribution in [3.8, 4) is 0 Å². The first-order valence-corrected chi connectivity index (χ1v) is 8.37. The fourth-order valence-electron chi connectivity index (χ4n) is 2.99. The molecule has 0 aromatic heterocycles. The Morgan fingerprint density at radius 1 is 1.33 bits per heavy atom. The summed E-state index contributed by atoms with van der Waals surface area (Å²) >= 11 is 2.09. The number of cyclic esters (lactones) is 1. The first-order valence-electron chi connectivity index (χ1n) is 7.33. The summed E-state index contributed by atoms with van der Waals surface area (Å²) in [4.78, 5) is 11.4. The lowest BCUT2D eigenvalue weighted by Gasteiger charge is -2.32. The van der Waals surface area contributed by atoms with E-state index in [0.29, 0.717) is 12.6 Å². The Kier molecular flexibility index (Phi) is 5.83. The highest BCUT2D eigenvalue weighted by Crippen LogP contribution is 2.28. The average molecular weight is 271 g/mol. The molecule has 2 aliphatic rings. The van der Waals surface area contributed by atoms with Gasteiger partial charge in [0.15, 0.2) is 0 Å². The molecule has 2 fully saturated rings. The van der Waals surface area contributed by atoms with Crippen molar-refractivity contribution < 1.29 is 9.53 Å². The van der Waals surface area contributed by atoms with Crippen LogP contribution >= 0.6 is 11.8 Å². The van der Waals surface area contributed by atoms with Crippen molar-refractivity contribution in [3.63, 3.8) is 0 Å². The van der Waals surface area contributed by atoms with E-state index in [-0.39, 0.29) is 11.9 Å². The van der Waals surface area contributed by atoms with Crippen molar-refractivity contribution >= 4 is 17.7 Å². The van der Waals surface area contributed by atoms with Crippen LogP contribution < -0.4 is 5.32 Å². The third kappa shape index (κ3) is 3.89. The lowest BCUT2D eigenvalue weighted by molar-refractivity contribution is -0.141. The smallest absolute Gasteiger partial charge is 0.309 e. The van der Waals surface area contributed by atoms with Gasteiger partial charge in [0.2, 0.25) is 0 Å². The topological polar surface area (TPSA) is 38.3 Å². The van der Waals surface area contributed by atoms with E-state index in [1.54, 1.807) is 0 Å². The molecule has 0 radical (unpaired) electrons. The van der Waals surface area contributed by atoms with Crippen molar-refractivity contribution in [2.24, 2.45) is 5.92 Å². The molecule has 18 heavy (non-hydrogen) atoms. The Morgan fingerprint density at radius 2 is 2.17 bits per heavy atom. The second-order valence-electron chi connectivity index (χ2n) is 5.28. The van der Waals surface area contributed by atoms with Crippen LogP contribution in [0.1, 0.15) is 45.4 Å². The Balaban J connectivity index is 1.69. The van der Waals surface area contributed by atoms with Crippen molar-refractivity contribution in [3.05, 3.63) is 0 Å². The van der Waals surface area contributed by atoms with E-state index in [1.807, 2.05) is 0 Å². The summed E-state index contributed by atoms with van der Waals surface area (Å²) in [6.07, 6.45) is 7.24. The second-order valence-corrected chi connectivity index (χ2v) is 6.80. The Hall–Kier alpha value is -0.220. The Morgan fingerprint density at radius 3 is 2.89 bits per heavy atom. The molecule has 1 heterocycles. The molecule has 0 aromatic rings. The number of hydrogen-bond acceptors (Lipinski definition) is 4. The minimum Gasteiger partial charge on any atom is -0.465 e. The first-order chi connectivity index (χ1) is 8.81. The molecular formula is C14H25NO2S. The predicted octanol–water partition coefficient (Wildman–Crippen LogP) is 2.59. The number of rotatable bonds is 6. The van der Waals surface area contributed by atoms with Gasteiger partial charge in [0.25, 0.3) is 0 Å². The molecule has 1 aliphatic heterocycles. The highest BCUT2D eigenvalue weighted by molar-refractivity contribution is 7.99. The molecule has 0 aromatic carbocycles. The fourth-order valence-corrected chi connectivity index (χ4v) is 4.21.